The summed E-state index contributed by atoms with van der Waals surface area (Å²) < 4.78 is 0. The molecule has 0 bridgehead atoms. The summed E-state index contributed by atoms with van der Waals surface area (Å²) in [4.78, 5) is 3.84. The van der Waals surface area contributed by atoms with E-state index in [1.807, 2.05) is 6.07 Å². The molecule has 4 heteroatoms. The third-order valence-corrected chi connectivity index (χ3v) is 5.66. The van der Waals surface area contributed by atoms with Crippen LogP contribution in [0.25, 0.3) is 0 Å². The number of fused-ring (bicyclic) bond motifs is 1. The number of hydrogen-bond donors (Lipinski definition) is 1. The molecule has 2 nitrogen and oxygen atoms in total. The summed E-state index contributed by atoms with van der Waals surface area (Å²) in [6.07, 6.45) is 3.90. The monoisotopic (exact) mass is 270 g/mol. The van der Waals surface area contributed by atoms with Gasteiger partial charge in [0.15, 0.2) is 0 Å². The van der Waals surface area contributed by atoms with Crippen LogP contribution < -0.4 is 5.73 Å². The predicted molar refractivity (Wildman–Crippen MR) is 73.4 cm³/mol. The number of hydrogen-bond acceptors (Lipinski definition) is 3. The lowest BCUT2D eigenvalue weighted by Gasteiger charge is -2.29. The molecule has 2 heterocycles. The van der Waals surface area contributed by atoms with E-state index in [0.717, 1.165) is 23.4 Å². The Morgan fingerprint density at radius 2 is 2.29 bits per heavy atom. The topological polar surface area (TPSA) is 29.3 Å². The Morgan fingerprint density at radius 3 is 3.00 bits per heavy atom. The molecule has 1 saturated heterocycles. The first-order valence-corrected chi connectivity index (χ1v) is 7.69. The molecule has 94 valence electrons. The van der Waals surface area contributed by atoms with Gasteiger partial charge in [0, 0.05) is 30.6 Å². The fourth-order valence-electron chi connectivity index (χ4n) is 3.38. The number of nitrogens with two attached hydrogens (primary N) is 1. The summed E-state index contributed by atoms with van der Waals surface area (Å²) in [6.45, 7) is 3.39. The van der Waals surface area contributed by atoms with Crippen molar-refractivity contribution in [2.45, 2.75) is 31.8 Å². The molecule has 0 spiro atoms. The predicted octanol–water partition coefficient (Wildman–Crippen LogP) is 2.96. The first kappa shape index (κ1) is 12.0. The summed E-state index contributed by atoms with van der Waals surface area (Å²) >= 11 is 7.92. The number of rotatable bonds is 2. The molecule has 1 aromatic heterocycles. The Kier molecular flexibility index (Phi) is 3.44. The van der Waals surface area contributed by atoms with E-state index in [4.69, 9.17) is 17.3 Å². The summed E-state index contributed by atoms with van der Waals surface area (Å²) in [6, 6.07) is 2.42. The molecule has 2 aliphatic rings. The maximum absolute atomic E-state index is 6.24. The molecule has 3 unspecified atom stereocenters. The molecule has 1 saturated carbocycles. The second-order valence-electron chi connectivity index (χ2n) is 5.40. The van der Waals surface area contributed by atoms with Crippen molar-refractivity contribution in [2.75, 3.05) is 13.1 Å². The van der Waals surface area contributed by atoms with E-state index in [-0.39, 0.29) is 0 Å². The largest absolute Gasteiger partial charge is 0.327 e. The maximum atomic E-state index is 6.24. The molecule has 0 aromatic carbocycles. The van der Waals surface area contributed by atoms with E-state index in [0.29, 0.717) is 6.04 Å². The summed E-state index contributed by atoms with van der Waals surface area (Å²) in [5, 5.41) is 3.00. The lowest BCUT2D eigenvalue weighted by molar-refractivity contribution is 0.259. The van der Waals surface area contributed by atoms with Crippen molar-refractivity contribution in [3.8, 4) is 0 Å². The van der Waals surface area contributed by atoms with Crippen molar-refractivity contribution in [2.24, 2.45) is 17.6 Å². The van der Waals surface area contributed by atoms with E-state index in [9.17, 15) is 0 Å². The lowest BCUT2D eigenvalue weighted by atomic mass is 9.78. The van der Waals surface area contributed by atoms with Crippen LogP contribution in [0.15, 0.2) is 11.4 Å². The van der Waals surface area contributed by atoms with E-state index >= 15 is 0 Å². The number of halogens is 1. The molecule has 0 amide bonds. The fraction of sp³-hybridized carbons (Fsp3) is 0.692. The van der Waals surface area contributed by atoms with Crippen LogP contribution in [-0.2, 0) is 6.54 Å². The van der Waals surface area contributed by atoms with Crippen LogP contribution in [0.4, 0.5) is 0 Å². The molecule has 2 fully saturated rings. The average Bonchev–Trinajstić information content (AvgIpc) is 2.87. The van der Waals surface area contributed by atoms with Gasteiger partial charge in [-0.15, -0.1) is 11.3 Å². The van der Waals surface area contributed by atoms with Gasteiger partial charge in [0.25, 0.3) is 0 Å². The van der Waals surface area contributed by atoms with Gasteiger partial charge >= 0.3 is 0 Å². The summed E-state index contributed by atoms with van der Waals surface area (Å²) in [5.41, 5.74) is 6.24. The smallest absolute Gasteiger partial charge is 0.0558 e. The van der Waals surface area contributed by atoms with Gasteiger partial charge in [-0.25, -0.2) is 0 Å². The first-order valence-electron chi connectivity index (χ1n) is 6.44. The highest BCUT2D eigenvalue weighted by Crippen LogP contribution is 2.37. The minimum Gasteiger partial charge on any atom is -0.327 e. The van der Waals surface area contributed by atoms with Gasteiger partial charge in [-0.3, -0.25) is 4.90 Å². The molecule has 3 atom stereocenters. The standard InChI is InChI=1S/C13H19ClN2S/c14-11-4-5-17-13(11)8-16-6-9-2-1-3-12(15)10(9)7-16/h4-5,9-10,12H,1-3,6-8,15H2. The van der Waals surface area contributed by atoms with Gasteiger partial charge < -0.3 is 5.73 Å². The van der Waals surface area contributed by atoms with E-state index < -0.39 is 0 Å². The normalized spacial score (nSPS) is 33.9. The summed E-state index contributed by atoms with van der Waals surface area (Å²) in [5.74, 6) is 1.56. The number of nitrogens with zero attached hydrogens (tertiary/aromatic N) is 1. The Bertz CT molecular complexity index is 393. The van der Waals surface area contributed by atoms with Gasteiger partial charge in [-0.2, -0.15) is 0 Å². The Hall–Kier alpha value is -0.0900. The SMILES string of the molecule is NC1CCCC2CN(Cc3sccc3Cl)CC12. The van der Waals surface area contributed by atoms with Crippen LogP contribution in [0, 0.1) is 11.8 Å². The van der Waals surface area contributed by atoms with Gasteiger partial charge in [0.05, 0.1) is 5.02 Å². The zero-order valence-corrected chi connectivity index (χ0v) is 11.5. The highest BCUT2D eigenvalue weighted by Gasteiger charge is 2.38. The summed E-state index contributed by atoms with van der Waals surface area (Å²) in [7, 11) is 0. The van der Waals surface area contributed by atoms with Gasteiger partial charge in [0.2, 0.25) is 0 Å². The van der Waals surface area contributed by atoms with E-state index in [1.165, 1.54) is 37.2 Å². The number of thiophene rings is 1. The Morgan fingerprint density at radius 1 is 1.41 bits per heavy atom. The molecule has 17 heavy (non-hydrogen) atoms. The Balaban J connectivity index is 1.65. The fourth-order valence-corrected chi connectivity index (χ4v) is 4.52. The quantitative estimate of drug-likeness (QED) is 0.895. The van der Waals surface area contributed by atoms with Crippen LogP contribution in [0.2, 0.25) is 5.02 Å². The molecule has 1 aliphatic carbocycles. The van der Waals surface area contributed by atoms with Crippen molar-refractivity contribution in [1.29, 1.82) is 0 Å². The van der Waals surface area contributed by atoms with Crippen LogP contribution in [-0.4, -0.2) is 24.0 Å². The zero-order chi connectivity index (χ0) is 11.8. The van der Waals surface area contributed by atoms with E-state index in [1.54, 1.807) is 11.3 Å². The maximum Gasteiger partial charge on any atom is 0.0558 e. The molecule has 1 aliphatic heterocycles. The van der Waals surface area contributed by atoms with Crippen LogP contribution >= 0.6 is 22.9 Å². The Labute approximate surface area is 112 Å². The lowest BCUT2D eigenvalue weighted by Crippen LogP contribution is -2.38. The third kappa shape index (κ3) is 2.39. The van der Waals surface area contributed by atoms with Gasteiger partial charge in [-0.05, 0) is 36.1 Å². The molecule has 2 N–H and O–H groups in total. The van der Waals surface area contributed by atoms with Crippen LogP contribution in [0.3, 0.4) is 0 Å². The third-order valence-electron chi connectivity index (χ3n) is 4.29. The van der Waals surface area contributed by atoms with Crippen LogP contribution in [0.1, 0.15) is 24.1 Å². The van der Waals surface area contributed by atoms with Crippen molar-refractivity contribution in [3.63, 3.8) is 0 Å². The first-order chi connectivity index (χ1) is 8.24. The molecular weight excluding hydrogens is 252 g/mol. The number of likely N-dealkylation sites (tertiary alicyclic amines) is 1. The second kappa shape index (κ2) is 4.88. The van der Waals surface area contributed by atoms with Crippen molar-refractivity contribution < 1.29 is 0 Å². The van der Waals surface area contributed by atoms with Gasteiger partial charge in [-0.1, -0.05) is 18.0 Å². The minimum atomic E-state index is 0.428. The average molecular weight is 271 g/mol. The van der Waals surface area contributed by atoms with Crippen LogP contribution in [0.5, 0.6) is 0 Å². The van der Waals surface area contributed by atoms with E-state index in [2.05, 4.69) is 10.3 Å². The van der Waals surface area contributed by atoms with Crippen molar-refractivity contribution in [3.05, 3.63) is 21.3 Å². The van der Waals surface area contributed by atoms with Crippen molar-refractivity contribution in [1.82, 2.24) is 4.90 Å². The van der Waals surface area contributed by atoms with Gasteiger partial charge in [0.1, 0.15) is 0 Å². The molecule has 3 rings (SSSR count). The molecule has 0 radical (unpaired) electrons. The highest BCUT2D eigenvalue weighted by atomic mass is 35.5. The molecule has 1 aromatic rings. The van der Waals surface area contributed by atoms with Crippen molar-refractivity contribution >= 4 is 22.9 Å². The molecular formula is C13H19ClN2S. The zero-order valence-electron chi connectivity index (χ0n) is 9.94. The second-order valence-corrected chi connectivity index (χ2v) is 6.81. The highest BCUT2D eigenvalue weighted by molar-refractivity contribution is 7.10. The minimum absolute atomic E-state index is 0.428.